The molecule has 0 fully saturated rings. The standard InChI is InChI=1S/C8H10O2/c1-3-4-5-6-8(10)7(2)9/h3-6H,1-2H3. The van der Waals surface area contributed by atoms with Gasteiger partial charge >= 0.3 is 0 Å². The Bertz CT molecular complexity index is 187. The van der Waals surface area contributed by atoms with Crippen LogP contribution in [0.5, 0.6) is 0 Å². The van der Waals surface area contributed by atoms with Gasteiger partial charge in [-0.2, -0.15) is 0 Å². The van der Waals surface area contributed by atoms with E-state index in [1.165, 1.54) is 13.0 Å². The third kappa shape index (κ3) is 3.78. The molecule has 0 amide bonds. The average Bonchev–Trinajstić information content (AvgIpc) is 1.88. The molecule has 0 aromatic rings. The number of hydrogen-bond donors (Lipinski definition) is 0. The van der Waals surface area contributed by atoms with E-state index in [1.54, 1.807) is 18.2 Å². The van der Waals surface area contributed by atoms with Crippen LogP contribution in [0.1, 0.15) is 13.8 Å². The van der Waals surface area contributed by atoms with Gasteiger partial charge in [-0.05, 0) is 13.0 Å². The molecule has 0 rings (SSSR count). The van der Waals surface area contributed by atoms with Crippen molar-refractivity contribution in [3.8, 4) is 0 Å². The van der Waals surface area contributed by atoms with Gasteiger partial charge in [0.25, 0.3) is 0 Å². The smallest absolute Gasteiger partial charge is 0.221 e. The Hall–Kier alpha value is -1.18. The Morgan fingerprint density at radius 1 is 1.20 bits per heavy atom. The fourth-order valence-electron chi connectivity index (χ4n) is 0.371. The number of hydrogen-bond acceptors (Lipinski definition) is 2. The highest BCUT2D eigenvalue weighted by Gasteiger charge is 1.99. The maximum Gasteiger partial charge on any atom is 0.221 e. The molecule has 0 saturated heterocycles. The van der Waals surface area contributed by atoms with E-state index in [2.05, 4.69) is 0 Å². The van der Waals surface area contributed by atoms with Crippen LogP contribution in [0.3, 0.4) is 0 Å². The van der Waals surface area contributed by atoms with Crippen LogP contribution in [0.25, 0.3) is 0 Å². The van der Waals surface area contributed by atoms with Crippen molar-refractivity contribution in [2.75, 3.05) is 0 Å². The molecule has 2 nitrogen and oxygen atoms in total. The number of allylic oxidation sites excluding steroid dienone is 4. The predicted octanol–water partition coefficient (Wildman–Crippen LogP) is 1.28. The van der Waals surface area contributed by atoms with Crippen LogP contribution >= 0.6 is 0 Å². The van der Waals surface area contributed by atoms with Crippen LogP contribution < -0.4 is 0 Å². The van der Waals surface area contributed by atoms with Crippen molar-refractivity contribution >= 4 is 11.6 Å². The molecule has 0 aromatic heterocycles. The Morgan fingerprint density at radius 2 is 1.80 bits per heavy atom. The topological polar surface area (TPSA) is 34.1 Å². The molecule has 0 aromatic carbocycles. The molecule has 0 bridgehead atoms. The molecule has 54 valence electrons. The van der Waals surface area contributed by atoms with E-state index in [1.807, 2.05) is 6.92 Å². The van der Waals surface area contributed by atoms with E-state index in [-0.39, 0.29) is 0 Å². The van der Waals surface area contributed by atoms with Gasteiger partial charge in [-0.3, -0.25) is 9.59 Å². The van der Waals surface area contributed by atoms with E-state index in [4.69, 9.17) is 0 Å². The Labute approximate surface area is 60.2 Å². The minimum absolute atomic E-state index is 0.430. The van der Waals surface area contributed by atoms with Crippen LogP contribution in [0.4, 0.5) is 0 Å². The van der Waals surface area contributed by atoms with Crippen molar-refractivity contribution in [1.29, 1.82) is 0 Å². The van der Waals surface area contributed by atoms with E-state index in [0.29, 0.717) is 0 Å². The van der Waals surface area contributed by atoms with Crippen molar-refractivity contribution < 1.29 is 9.59 Å². The van der Waals surface area contributed by atoms with Crippen molar-refractivity contribution in [3.63, 3.8) is 0 Å². The molecule has 0 aliphatic carbocycles. The molecule has 0 aliphatic heterocycles. The number of carbonyl (C=O) groups excluding carboxylic acids is 2. The van der Waals surface area contributed by atoms with Gasteiger partial charge in [0, 0.05) is 6.92 Å². The lowest BCUT2D eigenvalue weighted by molar-refractivity contribution is -0.132. The van der Waals surface area contributed by atoms with Gasteiger partial charge in [-0.25, -0.2) is 0 Å². The van der Waals surface area contributed by atoms with Crippen molar-refractivity contribution in [1.82, 2.24) is 0 Å². The summed E-state index contributed by atoms with van der Waals surface area (Å²) in [6, 6.07) is 0. The molecule has 0 atom stereocenters. The second-order valence-electron chi connectivity index (χ2n) is 1.81. The summed E-state index contributed by atoms with van der Waals surface area (Å²) >= 11 is 0. The van der Waals surface area contributed by atoms with Crippen LogP contribution in [0.2, 0.25) is 0 Å². The molecule has 10 heavy (non-hydrogen) atoms. The van der Waals surface area contributed by atoms with Crippen molar-refractivity contribution in [2.24, 2.45) is 0 Å². The highest BCUT2D eigenvalue weighted by atomic mass is 16.2. The number of Topliss-reactive ketones (excluding diaryl/α,β-unsaturated/α-hetero) is 1. The summed E-state index contributed by atoms with van der Waals surface area (Å²) in [5, 5.41) is 0. The second kappa shape index (κ2) is 4.68. The fraction of sp³-hybridized carbons (Fsp3) is 0.250. The first kappa shape index (κ1) is 8.82. The van der Waals surface area contributed by atoms with Gasteiger partial charge in [0.1, 0.15) is 0 Å². The zero-order valence-electron chi connectivity index (χ0n) is 6.13. The molecular weight excluding hydrogens is 128 g/mol. The van der Waals surface area contributed by atoms with E-state index in [0.717, 1.165) is 0 Å². The van der Waals surface area contributed by atoms with Gasteiger partial charge in [0.2, 0.25) is 5.78 Å². The minimum atomic E-state index is -0.460. The van der Waals surface area contributed by atoms with Crippen molar-refractivity contribution in [2.45, 2.75) is 13.8 Å². The molecule has 0 spiro atoms. The van der Waals surface area contributed by atoms with Gasteiger partial charge < -0.3 is 0 Å². The third-order valence-electron chi connectivity index (χ3n) is 0.898. The summed E-state index contributed by atoms with van der Waals surface area (Å²) in [5.74, 6) is -0.890. The van der Waals surface area contributed by atoms with E-state index in [9.17, 15) is 9.59 Å². The maximum atomic E-state index is 10.5. The summed E-state index contributed by atoms with van der Waals surface area (Å²) in [6.07, 6.45) is 6.27. The summed E-state index contributed by atoms with van der Waals surface area (Å²) in [5.41, 5.74) is 0. The minimum Gasteiger partial charge on any atom is -0.291 e. The lowest BCUT2D eigenvalue weighted by Gasteiger charge is -1.80. The molecule has 0 radical (unpaired) electrons. The first-order valence-electron chi connectivity index (χ1n) is 3.02. The normalized spacial score (nSPS) is 11.0. The fourth-order valence-corrected chi connectivity index (χ4v) is 0.371. The summed E-state index contributed by atoms with van der Waals surface area (Å²) < 4.78 is 0. The Morgan fingerprint density at radius 3 is 2.20 bits per heavy atom. The molecular formula is C8H10O2. The molecule has 0 saturated carbocycles. The number of carbonyl (C=O) groups is 2. The monoisotopic (exact) mass is 138 g/mol. The predicted molar refractivity (Wildman–Crippen MR) is 39.6 cm³/mol. The number of ketones is 2. The van der Waals surface area contributed by atoms with Gasteiger partial charge in [-0.1, -0.05) is 18.2 Å². The summed E-state index contributed by atoms with van der Waals surface area (Å²) in [4.78, 5) is 20.9. The second-order valence-corrected chi connectivity index (χ2v) is 1.81. The zero-order chi connectivity index (χ0) is 7.98. The maximum absolute atomic E-state index is 10.5. The lowest BCUT2D eigenvalue weighted by Crippen LogP contribution is -2.04. The molecule has 0 aliphatic rings. The van der Waals surface area contributed by atoms with Gasteiger partial charge in [-0.15, -0.1) is 0 Å². The van der Waals surface area contributed by atoms with Crippen LogP contribution in [-0.2, 0) is 9.59 Å². The molecule has 0 heterocycles. The van der Waals surface area contributed by atoms with Crippen LogP contribution in [0.15, 0.2) is 24.3 Å². The third-order valence-corrected chi connectivity index (χ3v) is 0.898. The first-order valence-corrected chi connectivity index (χ1v) is 3.02. The quantitative estimate of drug-likeness (QED) is 0.334. The highest BCUT2D eigenvalue weighted by molar-refractivity contribution is 6.40. The highest BCUT2D eigenvalue weighted by Crippen LogP contribution is 1.80. The molecule has 0 N–H and O–H groups in total. The SMILES string of the molecule is CC=CC=CC(=O)C(C)=O. The molecule has 2 heteroatoms. The molecule has 0 unspecified atom stereocenters. The van der Waals surface area contributed by atoms with Crippen molar-refractivity contribution in [3.05, 3.63) is 24.3 Å². The summed E-state index contributed by atoms with van der Waals surface area (Å²) in [7, 11) is 0. The van der Waals surface area contributed by atoms with Crippen LogP contribution in [-0.4, -0.2) is 11.6 Å². The van der Waals surface area contributed by atoms with Gasteiger partial charge in [0.05, 0.1) is 0 Å². The Balaban J connectivity index is 3.90. The largest absolute Gasteiger partial charge is 0.291 e. The Kier molecular flexibility index (Phi) is 4.12. The van der Waals surface area contributed by atoms with Gasteiger partial charge in [0.15, 0.2) is 5.78 Å². The van der Waals surface area contributed by atoms with Crippen LogP contribution in [0, 0.1) is 0 Å². The van der Waals surface area contributed by atoms with E-state index < -0.39 is 11.6 Å². The van der Waals surface area contributed by atoms with E-state index >= 15 is 0 Å². The number of rotatable bonds is 3. The summed E-state index contributed by atoms with van der Waals surface area (Å²) in [6.45, 7) is 3.09. The first-order chi connectivity index (χ1) is 4.68. The average molecular weight is 138 g/mol. The lowest BCUT2D eigenvalue weighted by atomic mass is 10.2. The zero-order valence-corrected chi connectivity index (χ0v) is 6.13.